The molecule has 1 amide bonds. The van der Waals surface area contributed by atoms with Crippen molar-refractivity contribution in [2.24, 2.45) is 5.73 Å². The average molecular weight is 274 g/mol. The van der Waals surface area contributed by atoms with Crippen LogP contribution in [-0.4, -0.2) is 5.91 Å². The summed E-state index contributed by atoms with van der Waals surface area (Å²) >= 11 is 1.55. The van der Waals surface area contributed by atoms with Gasteiger partial charge < -0.3 is 11.1 Å². The summed E-state index contributed by atoms with van der Waals surface area (Å²) in [5, 5.41) is 5.25. The monoisotopic (exact) mass is 274 g/mol. The second kappa shape index (κ2) is 5.99. The largest absolute Gasteiger partial charge is 0.366 e. The quantitative estimate of drug-likeness (QED) is 0.880. The molecule has 1 unspecified atom stereocenters. The molecule has 0 saturated heterocycles. The predicted molar refractivity (Wildman–Crippen MR) is 79.3 cm³/mol. The summed E-state index contributed by atoms with van der Waals surface area (Å²) in [7, 11) is 0. The normalized spacial score (nSPS) is 12.3. The van der Waals surface area contributed by atoms with Gasteiger partial charge in [-0.25, -0.2) is 0 Å². The maximum Gasteiger partial charge on any atom is 0.249 e. The molecule has 0 saturated carbocycles. The Bertz CT molecular complexity index is 560. The van der Waals surface area contributed by atoms with Crippen LogP contribution < -0.4 is 11.1 Å². The van der Waals surface area contributed by atoms with E-state index in [1.165, 1.54) is 11.1 Å². The molecule has 4 heteroatoms. The summed E-state index contributed by atoms with van der Waals surface area (Å²) in [5.74, 6) is -0.367. The first kappa shape index (κ1) is 13.8. The highest BCUT2D eigenvalue weighted by atomic mass is 32.1. The van der Waals surface area contributed by atoms with Gasteiger partial charge >= 0.3 is 0 Å². The number of aryl methyl sites for hydroxylation is 1. The van der Waals surface area contributed by atoms with Crippen molar-refractivity contribution < 1.29 is 4.79 Å². The van der Waals surface area contributed by atoms with Crippen molar-refractivity contribution in [3.05, 3.63) is 57.3 Å². The lowest BCUT2D eigenvalue weighted by molar-refractivity contribution is 0.100. The first-order chi connectivity index (χ1) is 9.06. The molecule has 2 aromatic rings. The third-order valence-corrected chi connectivity index (χ3v) is 4.03. The second-order valence-electron chi connectivity index (χ2n) is 4.68. The van der Waals surface area contributed by atoms with E-state index in [1.807, 2.05) is 6.07 Å². The van der Waals surface area contributed by atoms with Gasteiger partial charge in [-0.3, -0.25) is 4.79 Å². The van der Waals surface area contributed by atoms with Gasteiger partial charge in [0, 0.05) is 22.8 Å². The third kappa shape index (κ3) is 3.66. The van der Waals surface area contributed by atoms with Gasteiger partial charge in [0.25, 0.3) is 0 Å². The van der Waals surface area contributed by atoms with Gasteiger partial charge in [0.2, 0.25) is 5.91 Å². The molecule has 0 aliphatic carbocycles. The van der Waals surface area contributed by atoms with Gasteiger partial charge in [-0.2, -0.15) is 0 Å². The highest BCUT2D eigenvalue weighted by Gasteiger charge is 2.07. The van der Waals surface area contributed by atoms with Crippen molar-refractivity contribution in [3.63, 3.8) is 0 Å². The summed E-state index contributed by atoms with van der Waals surface area (Å²) in [6.07, 6.45) is 0. The van der Waals surface area contributed by atoms with Gasteiger partial charge in [0.15, 0.2) is 0 Å². The van der Waals surface area contributed by atoms with E-state index in [0.717, 1.165) is 11.4 Å². The molecule has 100 valence electrons. The van der Waals surface area contributed by atoms with Crippen molar-refractivity contribution in [1.82, 2.24) is 5.32 Å². The lowest BCUT2D eigenvalue weighted by Gasteiger charge is -2.13. The number of hydrogen-bond donors (Lipinski definition) is 2. The zero-order valence-electron chi connectivity index (χ0n) is 11.1. The second-order valence-corrected chi connectivity index (χ2v) is 5.67. The smallest absolute Gasteiger partial charge is 0.249 e. The molecule has 2 rings (SSSR count). The van der Waals surface area contributed by atoms with Crippen LogP contribution in [0, 0.1) is 6.92 Å². The summed E-state index contributed by atoms with van der Waals surface area (Å²) in [4.78, 5) is 12.1. The van der Waals surface area contributed by atoms with Gasteiger partial charge in [0.05, 0.1) is 5.56 Å². The topological polar surface area (TPSA) is 55.1 Å². The predicted octanol–water partition coefficient (Wildman–Crippen LogP) is 3.01. The zero-order valence-corrected chi connectivity index (χ0v) is 12.0. The summed E-state index contributed by atoms with van der Waals surface area (Å²) < 4.78 is 0. The van der Waals surface area contributed by atoms with E-state index < -0.39 is 0 Å². The molecule has 0 radical (unpaired) electrons. The Kier molecular flexibility index (Phi) is 4.35. The molecule has 1 heterocycles. The molecular formula is C15H18N2OS. The number of carbonyl (C=O) groups is 1. The van der Waals surface area contributed by atoms with Crippen LogP contribution in [0.25, 0.3) is 0 Å². The molecule has 3 nitrogen and oxygen atoms in total. The molecule has 0 bridgehead atoms. The molecule has 0 aliphatic heterocycles. The van der Waals surface area contributed by atoms with Crippen molar-refractivity contribution in [2.45, 2.75) is 26.4 Å². The summed E-state index contributed by atoms with van der Waals surface area (Å²) in [6, 6.07) is 10.6. The molecule has 1 aromatic carbocycles. The van der Waals surface area contributed by atoms with E-state index in [4.69, 9.17) is 5.73 Å². The SMILES string of the molecule is Cc1ccc(C(C)NCc2cc(C(N)=O)cs2)cc1. The molecule has 3 N–H and O–H groups in total. The van der Waals surface area contributed by atoms with Crippen LogP contribution >= 0.6 is 11.3 Å². The van der Waals surface area contributed by atoms with Crippen molar-refractivity contribution >= 4 is 17.2 Å². The average Bonchev–Trinajstić information content (AvgIpc) is 2.86. The van der Waals surface area contributed by atoms with Crippen molar-refractivity contribution in [2.75, 3.05) is 0 Å². The van der Waals surface area contributed by atoms with Crippen LogP contribution in [0.5, 0.6) is 0 Å². The fourth-order valence-electron chi connectivity index (χ4n) is 1.83. The van der Waals surface area contributed by atoms with Crippen LogP contribution in [0.3, 0.4) is 0 Å². The summed E-state index contributed by atoms with van der Waals surface area (Å²) in [6.45, 7) is 4.96. The lowest BCUT2D eigenvalue weighted by atomic mass is 10.1. The Hall–Kier alpha value is -1.65. The van der Waals surface area contributed by atoms with Crippen molar-refractivity contribution in [3.8, 4) is 0 Å². The standard InChI is InChI=1S/C15H18N2OS/c1-10-3-5-12(6-4-10)11(2)17-8-14-7-13(9-19-14)15(16)18/h3-7,9,11,17H,8H2,1-2H3,(H2,16,18). The van der Waals surface area contributed by atoms with E-state index in [0.29, 0.717) is 5.56 Å². The molecule has 1 atom stereocenters. The van der Waals surface area contributed by atoms with Crippen LogP contribution in [0.2, 0.25) is 0 Å². The van der Waals surface area contributed by atoms with E-state index >= 15 is 0 Å². The van der Waals surface area contributed by atoms with E-state index in [9.17, 15) is 4.79 Å². The number of amides is 1. The summed E-state index contributed by atoms with van der Waals surface area (Å²) in [5.41, 5.74) is 8.35. The molecule has 0 fully saturated rings. The lowest BCUT2D eigenvalue weighted by Crippen LogP contribution is -2.17. The van der Waals surface area contributed by atoms with E-state index in [1.54, 1.807) is 16.7 Å². The first-order valence-corrected chi connectivity index (χ1v) is 7.11. The number of thiophene rings is 1. The van der Waals surface area contributed by atoms with Crippen LogP contribution in [0.1, 0.15) is 39.3 Å². The highest BCUT2D eigenvalue weighted by molar-refractivity contribution is 7.10. The fourth-order valence-corrected chi connectivity index (χ4v) is 2.65. The maximum absolute atomic E-state index is 11.0. The van der Waals surface area contributed by atoms with Crippen molar-refractivity contribution in [1.29, 1.82) is 0 Å². The van der Waals surface area contributed by atoms with Gasteiger partial charge in [-0.05, 0) is 25.5 Å². The molecule has 19 heavy (non-hydrogen) atoms. The fraction of sp³-hybridized carbons (Fsp3) is 0.267. The minimum absolute atomic E-state index is 0.278. The number of carbonyl (C=O) groups excluding carboxylic acids is 1. The Morgan fingerprint density at radius 3 is 2.63 bits per heavy atom. The number of primary amides is 1. The third-order valence-electron chi connectivity index (χ3n) is 3.10. The Morgan fingerprint density at radius 1 is 1.37 bits per heavy atom. The Balaban J connectivity index is 1.94. The molecule has 0 spiro atoms. The van der Waals surface area contributed by atoms with Crippen LogP contribution in [0.4, 0.5) is 0 Å². The number of rotatable bonds is 5. The van der Waals surface area contributed by atoms with Gasteiger partial charge in [0.1, 0.15) is 0 Å². The van der Waals surface area contributed by atoms with E-state index in [-0.39, 0.29) is 11.9 Å². The minimum Gasteiger partial charge on any atom is -0.366 e. The van der Waals surface area contributed by atoms with Crippen LogP contribution in [-0.2, 0) is 6.54 Å². The van der Waals surface area contributed by atoms with E-state index in [2.05, 4.69) is 43.4 Å². The molecule has 1 aromatic heterocycles. The minimum atomic E-state index is -0.367. The Labute approximate surface area is 117 Å². The first-order valence-electron chi connectivity index (χ1n) is 6.23. The number of hydrogen-bond acceptors (Lipinski definition) is 3. The van der Waals surface area contributed by atoms with Gasteiger partial charge in [-0.1, -0.05) is 29.8 Å². The number of nitrogens with two attached hydrogens (primary N) is 1. The molecule has 0 aliphatic rings. The zero-order chi connectivity index (χ0) is 13.8. The number of benzene rings is 1. The van der Waals surface area contributed by atoms with Gasteiger partial charge in [-0.15, -0.1) is 11.3 Å². The highest BCUT2D eigenvalue weighted by Crippen LogP contribution is 2.17. The molecular weight excluding hydrogens is 256 g/mol. The van der Waals surface area contributed by atoms with Crippen LogP contribution in [0.15, 0.2) is 35.7 Å². The maximum atomic E-state index is 11.0. The number of nitrogens with one attached hydrogen (secondary N) is 1. The Morgan fingerprint density at radius 2 is 2.05 bits per heavy atom.